The molecule has 0 saturated heterocycles. The molecule has 2 heterocycles. The Morgan fingerprint density at radius 2 is 1.94 bits per heavy atom. The minimum Gasteiger partial charge on any atom is -0.497 e. The van der Waals surface area contributed by atoms with Gasteiger partial charge in [0.05, 0.1) is 24.2 Å². The lowest BCUT2D eigenvalue weighted by atomic mass is 9.95. The van der Waals surface area contributed by atoms with Gasteiger partial charge >= 0.3 is 0 Å². The van der Waals surface area contributed by atoms with Crippen LogP contribution in [0.2, 0.25) is 0 Å². The predicted octanol–water partition coefficient (Wildman–Crippen LogP) is 5.29. The lowest BCUT2D eigenvalue weighted by Gasteiger charge is -2.26. The number of anilines is 1. The molecule has 0 unspecified atom stereocenters. The van der Waals surface area contributed by atoms with E-state index in [4.69, 9.17) is 14.5 Å². The highest BCUT2D eigenvalue weighted by Crippen LogP contribution is 2.36. The monoisotopic (exact) mass is 435 g/mol. The molecular weight excluding hydrogens is 410 g/mol. The molecule has 0 spiro atoms. The summed E-state index contributed by atoms with van der Waals surface area (Å²) in [5, 5.41) is 5.09. The molecule has 1 saturated carbocycles. The molecule has 2 aromatic carbocycles. The minimum absolute atomic E-state index is 0.0672. The Bertz CT molecular complexity index is 1160. The van der Waals surface area contributed by atoms with E-state index in [1.165, 1.54) is 19.3 Å². The van der Waals surface area contributed by atoms with Gasteiger partial charge in [-0.05, 0) is 55.3 Å². The van der Waals surface area contributed by atoms with E-state index in [9.17, 15) is 4.79 Å². The van der Waals surface area contributed by atoms with E-state index in [-0.39, 0.29) is 12.5 Å². The van der Waals surface area contributed by atoms with Crippen LogP contribution in [0.1, 0.15) is 38.1 Å². The van der Waals surface area contributed by atoms with Crippen LogP contribution in [0.4, 0.5) is 11.4 Å². The molecule has 1 aliphatic carbocycles. The molecule has 5 rings (SSSR count). The second-order valence-corrected chi connectivity index (χ2v) is 8.76. The SMILES string of the molecule is COc1ccc(N=c2scc(-c3ccc4c(c3)NC(=O)CO4)n2C2CCCCC2)cc1. The first kappa shape index (κ1) is 19.9. The molecule has 1 N–H and O–H groups in total. The Kier molecular flexibility index (Phi) is 5.51. The van der Waals surface area contributed by atoms with Crippen LogP contribution >= 0.6 is 11.3 Å². The second kappa shape index (κ2) is 8.59. The van der Waals surface area contributed by atoms with Crippen LogP contribution in [0.3, 0.4) is 0 Å². The number of thiazole rings is 1. The van der Waals surface area contributed by atoms with Crippen LogP contribution in [0, 0.1) is 0 Å². The second-order valence-electron chi connectivity index (χ2n) is 7.92. The largest absolute Gasteiger partial charge is 0.497 e. The summed E-state index contributed by atoms with van der Waals surface area (Å²) in [5.74, 6) is 1.42. The quantitative estimate of drug-likeness (QED) is 0.605. The molecule has 3 aromatic rings. The normalized spacial score (nSPS) is 17.1. The predicted molar refractivity (Wildman–Crippen MR) is 122 cm³/mol. The van der Waals surface area contributed by atoms with Crippen LogP contribution in [-0.4, -0.2) is 24.2 Å². The molecule has 1 amide bonds. The maximum absolute atomic E-state index is 11.8. The van der Waals surface area contributed by atoms with Crippen LogP contribution in [0.25, 0.3) is 11.3 Å². The van der Waals surface area contributed by atoms with Gasteiger partial charge in [-0.15, -0.1) is 11.3 Å². The number of hydrogen-bond donors (Lipinski definition) is 1. The van der Waals surface area contributed by atoms with Crippen molar-refractivity contribution in [1.29, 1.82) is 0 Å². The first-order chi connectivity index (χ1) is 15.2. The first-order valence-electron chi connectivity index (χ1n) is 10.7. The van der Waals surface area contributed by atoms with Crippen molar-refractivity contribution in [2.45, 2.75) is 38.1 Å². The van der Waals surface area contributed by atoms with E-state index in [0.29, 0.717) is 11.8 Å². The first-order valence-corrected chi connectivity index (χ1v) is 11.5. The number of amides is 1. The highest BCUT2D eigenvalue weighted by atomic mass is 32.1. The molecule has 1 fully saturated rings. The van der Waals surface area contributed by atoms with Crippen LogP contribution < -0.4 is 19.6 Å². The zero-order valence-electron chi connectivity index (χ0n) is 17.5. The highest BCUT2D eigenvalue weighted by Gasteiger charge is 2.22. The van der Waals surface area contributed by atoms with E-state index in [1.807, 2.05) is 36.4 Å². The Balaban J connectivity index is 1.60. The molecule has 160 valence electrons. The number of rotatable bonds is 4. The van der Waals surface area contributed by atoms with Crippen LogP contribution in [-0.2, 0) is 4.79 Å². The number of nitrogens with zero attached hydrogens (tertiary/aromatic N) is 2. The van der Waals surface area contributed by atoms with Gasteiger partial charge in [0.1, 0.15) is 11.5 Å². The fourth-order valence-corrected chi connectivity index (χ4v) is 5.30. The van der Waals surface area contributed by atoms with Gasteiger partial charge in [-0.25, -0.2) is 4.99 Å². The average Bonchev–Trinajstić information content (AvgIpc) is 3.23. The fraction of sp³-hybridized carbons (Fsp3) is 0.333. The van der Waals surface area contributed by atoms with Gasteiger partial charge < -0.3 is 19.4 Å². The zero-order valence-corrected chi connectivity index (χ0v) is 18.3. The standard InChI is InChI=1S/C24H25N3O3S/c1-29-19-10-8-17(9-11-19)25-24-27(18-5-3-2-4-6-18)21(15-31-24)16-7-12-22-20(13-16)26-23(28)14-30-22/h7-13,15,18H,2-6,14H2,1H3,(H,26,28). The van der Waals surface area contributed by atoms with Gasteiger partial charge in [-0.3, -0.25) is 4.79 Å². The van der Waals surface area contributed by atoms with E-state index in [2.05, 4.69) is 21.3 Å². The molecule has 1 aliphatic heterocycles. The molecule has 6 nitrogen and oxygen atoms in total. The summed E-state index contributed by atoms with van der Waals surface area (Å²) in [4.78, 5) is 17.7. The van der Waals surface area contributed by atoms with Gasteiger partial charge in [-0.2, -0.15) is 0 Å². The summed E-state index contributed by atoms with van der Waals surface area (Å²) in [6, 6.07) is 14.3. The molecule has 0 bridgehead atoms. The van der Waals surface area contributed by atoms with E-state index in [0.717, 1.165) is 46.0 Å². The van der Waals surface area contributed by atoms with E-state index >= 15 is 0 Å². The molecule has 2 aliphatic rings. The number of fused-ring (bicyclic) bond motifs is 1. The fourth-order valence-electron chi connectivity index (χ4n) is 4.31. The summed E-state index contributed by atoms with van der Waals surface area (Å²) < 4.78 is 13.2. The lowest BCUT2D eigenvalue weighted by molar-refractivity contribution is -0.118. The van der Waals surface area contributed by atoms with Gasteiger partial charge in [0.25, 0.3) is 5.91 Å². The number of nitrogens with one attached hydrogen (secondary N) is 1. The van der Waals surface area contributed by atoms with Gasteiger partial charge in [0.2, 0.25) is 0 Å². The number of benzene rings is 2. The van der Waals surface area contributed by atoms with Crippen molar-refractivity contribution in [2.24, 2.45) is 4.99 Å². The third-order valence-electron chi connectivity index (χ3n) is 5.89. The summed E-state index contributed by atoms with van der Waals surface area (Å²) in [5.41, 5.74) is 3.82. The number of carbonyl (C=O) groups excluding carboxylic acids is 1. The van der Waals surface area contributed by atoms with Crippen molar-refractivity contribution >= 4 is 28.6 Å². The maximum atomic E-state index is 11.8. The van der Waals surface area contributed by atoms with E-state index < -0.39 is 0 Å². The number of carbonyl (C=O) groups is 1. The smallest absolute Gasteiger partial charge is 0.262 e. The third kappa shape index (κ3) is 4.10. The van der Waals surface area contributed by atoms with Crippen LogP contribution in [0.15, 0.2) is 52.8 Å². The Morgan fingerprint density at radius 1 is 1.13 bits per heavy atom. The Hall–Kier alpha value is -3.06. The molecule has 0 radical (unpaired) electrons. The number of aromatic nitrogens is 1. The van der Waals surface area contributed by atoms with Gasteiger partial charge in [-0.1, -0.05) is 19.3 Å². The summed E-state index contributed by atoms with van der Waals surface area (Å²) in [7, 11) is 1.67. The van der Waals surface area contributed by atoms with Crippen molar-refractivity contribution in [1.82, 2.24) is 4.57 Å². The van der Waals surface area contributed by atoms with Crippen molar-refractivity contribution in [2.75, 3.05) is 19.0 Å². The van der Waals surface area contributed by atoms with Crippen LogP contribution in [0.5, 0.6) is 11.5 Å². The van der Waals surface area contributed by atoms with Crippen molar-refractivity contribution < 1.29 is 14.3 Å². The molecule has 0 atom stereocenters. The zero-order chi connectivity index (χ0) is 21.2. The molecule has 31 heavy (non-hydrogen) atoms. The topological polar surface area (TPSA) is 64.8 Å². The summed E-state index contributed by atoms with van der Waals surface area (Å²) in [6.45, 7) is 0.0672. The molecule has 7 heteroatoms. The summed E-state index contributed by atoms with van der Waals surface area (Å²) in [6.07, 6.45) is 6.09. The Labute approximate surface area is 185 Å². The number of hydrogen-bond acceptors (Lipinski definition) is 5. The van der Waals surface area contributed by atoms with Crippen molar-refractivity contribution in [3.63, 3.8) is 0 Å². The molecular formula is C24H25N3O3S. The van der Waals surface area contributed by atoms with Gasteiger partial charge in [0, 0.05) is 17.0 Å². The average molecular weight is 436 g/mol. The number of ether oxygens (including phenoxy) is 2. The van der Waals surface area contributed by atoms with E-state index in [1.54, 1.807) is 18.4 Å². The Morgan fingerprint density at radius 3 is 2.71 bits per heavy atom. The van der Waals surface area contributed by atoms with Crippen molar-refractivity contribution in [3.8, 4) is 22.8 Å². The maximum Gasteiger partial charge on any atom is 0.262 e. The third-order valence-corrected chi connectivity index (χ3v) is 6.73. The van der Waals surface area contributed by atoms with Gasteiger partial charge in [0.15, 0.2) is 11.4 Å². The minimum atomic E-state index is -0.120. The highest BCUT2D eigenvalue weighted by molar-refractivity contribution is 7.07. The van der Waals surface area contributed by atoms with Crippen molar-refractivity contribution in [3.05, 3.63) is 52.6 Å². The summed E-state index contributed by atoms with van der Waals surface area (Å²) >= 11 is 1.65. The molecule has 1 aromatic heterocycles. The number of methoxy groups -OCH3 is 1. The lowest BCUT2D eigenvalue weighted by Crippen LogP contribution is -2.25.